The first-order chi connectivity index (χ1) is 6.40. The van der Waals surface area contributed by atoms with Gasteiger partial charge in [-0.05, 0) is 17.0 Å². The summed E-state index contributed by atoms with van der Waals surface area (Å²) in [4.78, 5) is 0. The number of rotatable bonds is 2. The molecule has 0 nitrogen and oxygen atoms in total. The zero-order chi connectivity index (χ0) is 10.8. The first-order valence-corrected chi connectivity index (χ1v) is 4.54. The summed E-state index contributed by atoms with van der Waals surface area (Å²) in [6.07, 6.45) is -4.95. The lowest BCUT2D eigenvalue weighted by Crippen LogP contribution is -2.13. The number of halogens is 3. The van der Waals surface area contributed by atoms with Crippen molar-refractivity contribution in [3.8, 4) is 0 Å². The van der Waals surface area contributed by atoms with Gasteiger partial charge in [0.1, 0.15) is 0 Å². The van der Waals surface area contributed by atoms with E-state index < -0.39 is 12.6 Å². The van der Waals surface area contributed by atoms with Gasteiger partial charge in [-0.3, -0.25) is 0 Å². The molecule has 0 radical (unpaired) electrons. The zero-order valence-corrected chi connectivity index (χ0v) is 8.23. The minimum absolute atomic E-state index is 0.133. The van der Waals surface area contributed by atoms with Crippen molar-refractivity contribution in [2.75, 3.05) is 0 Å². The molecule has 78 valence electrons. The number of benzene rings is 1. The molecule has 0 spiro atoms. The highest BCUT2D eigenvalue weighted by Gasteiger charge is 2.28. The summed E-state index contributed by atoms with van der Waals surface area (Å²) in [6, 6.07) is 6.72. The van der Waals surface area contributed by atoms with Crippen LogP contribution < -0.4 is 0 Å². The van der Waals surface area contributed by atoms with Crippen LogP contribution in [0.25, 0.3) is 0 Å². The van der Waals surface area contributed by atoms with Crippen LogP contribution in [0.1, 0.15) is 30.9 Å². The van der Waals surface area contributed by atoms with Crippen LogP contribution in [0.5, 0.6) is 0 Å². The van der Waals surface area contributed by atoms with E-state index in [0.29, 0.717) is 5.56 Å². The maximum atomic E-state index is 12.2. The van der Waals surface area contributed by atoms with Gasteiger partial charge in [-0.25, -0.2) is 0 Å². The molecule has 0 aromatic heterocycles. The molecule has 0 N–H and O–H groups in total. The Bertz CT molecular complexity index is 300. The molecule has 0 fully saturated rings. The van der Waals surface area contributed by atoms with Crippen molar-refractivity contribution >= 4 is 0 Å². The van der Waals surface area contributed by atoms with Crippen molar-refractivity contribution in [2.24, 2.45) is 0 Å². The second-order valence-corrected chi connectivity index (χ2v) is 3.65. The van der Waals surface area contributed by atoms with Crippen molar-refractivity contribution in [3.63, 3.8) is 0 Å². The van der Waals surface area contributed by atoms with E-state index in [4.69, 9.17) is 0 Å². The average molecular weight is 202 g/mol. The highest BCUT2D eigenvalue weighted by Crippen LogP contribution is 2.26. The van der Waals surface area contributed by atoms with E-state index in [0.717, 1.165) is 5.56 Å². The minimum Gasteiger partial charge on any atom is -0.171 e. The van der Waals surface area contributed by atoms with E-state index in [1.807, 2.05) is 13.8 Å². The summed E-state index contributed by atoms with van der Waals surface area (Å²) in [5.41, 5.74) is 1.17. The Balaban J connectivity index is 2.96. The van der Waals surface area contributed by atoms with E-state index >= 15 is 0 Å². The maximum absolute atomic E-state index is 12.2. The fraction of sp³-hybridized carbons (Fsp3) is 0.455. The highest BCUT2D eigenvalue weighted by atomic mass is 19.4. The maximum Gasteiger partial charge on any atom is 0.393 e. The third-order valence-electron chi connectivity index (χ3n) is 2.07. The lowest BCUT2D eigenvalue weighted by Gasteiger charge is -2.13. The Morgan fingerprint density at radius 3 is 2.21 bits per heavy atom. The predicted octanol–water partition coefficient (Wildman–Crippen LogP) is 3.91. The summed E-state index contributed by atoms with van der Waals surface area (Å²) >= 11 is 0. The number of alkyl halides is 3. The smallest absolute Gasteiger partial charge is 0.171 e. The lowest BCUT2D eigenvalue weighted by atomic mass is 9.95. The molecule has 0 aliphatic rings. The molecule has 0 heterocycles. The van der Waals surface area contributed by atoms with Crippen LogP contribution in [0.2, 0.25) is 0 Å². The van der Waals surface area contributed by atoms with Crippen LogP contribution in [0.3, 0.4) is 0 Å². The molecule has 0 aliphatic carbocycles. The molecule has 0 aliphatic heterocycles. The molecule has 1 aromatic carbocycles. The monoisotopic (exact) mass is 202 g/mol. The second-order valence-electron chi connectivity index (χ2n) is 3.65. The third kappa shape index (κ3) is 3.05. The molecule has 0 atom stereocenters. The zero-order valence-electron chi connectivity index (χ0n) is 8.23. The summed E-state index contributed by atoms with van der Waals surface area (Å²) in [5, 5.41) is 0. The summed E-state index contributed by atoms with van der Waals surface area (Å²) in [7, 11) is 0. The Labute approximate surface area is 81.8 Å². The van der Waals surface area contributed by atoms with Gasteiger partial charge in [-0.2, -0.15) is 13.2 Å². The van der Waals surface area contributed by atoms with Crippen molar-refractivity contribution in [1.29, 1.82) is 0 Å². The van der Waals surface area contributed by atoms with Gasteiger partial charge in [0, 0.05) is 0 Å². The fourth-order valence-electron chi connectivity index (χ4n) is 1.47. The van der Waals surface area contributed by atoms with Crippen molar-refractivity contribution < 1.29 is 13.2 Å². The molecule has 1 aromatic rings. The Kier molecular flexibility index (Phi) is 3.19. The van der Waals surface area contributed by atoms with Gasteiger partial charge in [0.2, 0.25) is 0 Å². The standard InChI is InChI=1S/C11H13F3/c1-8(2)10-6-4-3-5-9(10)7-11(12,13)14/h3-6,8H,7H2,1-2H3. The summed E-state index contributed by atoms with van der Waals surface area (Å²) in [6.45, 7) is 3.80. The first kappa shape index (κ1) is 11.1. The van der Waals surface area contributed by atoms with E-state index in [9.17, 15) is 13.2 Å². The van der Waals surface area contributed by atoms with E-state index in [2.05, 4.69) is 0 Å². The van der Waals surface area contributed by atoms with Gasteiger partial charge < -0.3 is 0 Å². The van der Waals surface area contributed by atoms with Crippen LogP contribution in [0.15, 0.2) is 24.3 Å². The van der Waals surface area contributed by atoms with Gasteiger partial charge in [-0.1, -0.05) is 38.1 Å². The van der Waals surface area contributed by atoms with Crippen molar-refractivity contribution in [1.82, 2.24) is 0 Å². The molecule has 3 heteroatoms. The molecule has 0 amide bonds. The van der Waals surface area contributed by atoms with E-state index in [-0.39, 0.29) is 5.92 Å². The Morgan fingerprint density at radius 1 is 1.14 bits per heavy atom. The van der Waals surface area contributed by atoms with Gasteiger partial charge in [0.05, 0.1) is 6.42 Å². The molecular formula is C11H13F3. The first-order valence-electron chi connectivity index (χ1n) is 4.54. The van der Waals surface area contributed by atoms with E-state index in [1.165, 1.54) is 0 Å². The predicted molar refractivity (Wildman–Crippen MR) is 50.3 cm³/mol. The van der Waals surface area contributed by atoms with Gasteiger partial charge in [0.25, 0.3) is 0 Å². The molecule has 14 heavy (non-hydrogen) atoms. The molecule has 0 unspecified atom stereocenters. The van der Waals surface area contributed by atoms with Gasteiger partial charge in [-0.15, -0.1) is 0 Å². The fourth-order valence-corrected chi connectivity index (χ4v) is 1.47. The van der Waals surface area contributed by atoms with Gasteiger partial charge >= 0.3 is 6.18 Å². The topological polar surface area (TPSA) is 0 Å². The van der Waals surface area contributed by atoms with Crippen LogP contribution in [0.4, 0.5) is 13.2 Å². The highest BCUT2D eigenvalue weighted by molar-refractivity contribution is 5.30. The minimum atomic E-state index is -4.12. The lowest BCUT2D eigenvalue weighted by molar-refractivity contribution is -0.127. The Hall–Kier alpha value is -0.990. The molecule has 0 saturated heterocycles. The summed E-state index contributed by atoms with van der Waals surface area (Å²) in [5.74, 6) is 0.133. The quantitative estimate of drug-likeness (QED) is 0.682. The molecule has 0 bridgehead atoms. The van der Waals surface area contributed by atoms with Crippen molar-refractivity contribution in [2.45, 2.75) is 32.4 Å². The normalized spacial score (nSPS) is 12.1. The number of hydrogen-bond acceptors (Lipinski definition) is 0. The molecule has 0 saturated carbocycles. The van der Waals surface area contributed by atoms with Crippen molar-refractivity contribution in [3.05, 3.63) is 35.4 Å². The van der Waals surface area contributed by atoms with Gasteiger partial charge in [0.15, 0.2) is 0 Å². The second kappa shape index (κ2) is 4.03. The Morgan fingerprint density at radius 2 is 1.71 bits per heavy atom. The van der Waals surface area contributed by atoms with Crippen LogP contribution in [-0.2, 0) is 6.42 Å². The van der Waals surface area contributed by atoms with Crippen LogP contribution in [0, 0.1) is 0 Å². The number of hydrogen-bond donors (Lipinski definition) is 0. The van der Waals surface area contributed by atoms with Crippen LogP contribution in [-0.4, -0.2) is 6.18 Å². The largest absolute Gasteiger partial charge is 0.393 e. The third-order valence-corrected chi connectivity index (χ3v) is 2.07. The average Bonchev–Trinajstić information content (AvgIpc) is 2.01. The molecular weight excluding hydrogens is 189 g/mol. The summed E-state index contributed by atoms with van der Waals surface area (Å²) < 4.78 is 36.6. The SMILES string of the molecule is CC(C)c1ccccc1CC(F)(F)F. The molecule has 1 rings (SSSR count). The van der Waals surface area contributed by atoms with E-state index in [1.54, 1.807) is 24.3 Å². The van der Waals surface area contributed by atoms with Crippen LogP contribution >= 0.6 is 0 Å².